The molecule has 0 unspecified atom stereocenters. The van der Waals surface area contributed by atoms with Crippen LogP contribution in [0.2, 0.25) is 0 Å². The van der Waals surface area contributed by atoms with E-state index in [4.69, 9.17) is 14.2 Å². The number of fused-ring (bicyclic) bond motifs is 1. The Bertz CT molecular complexity index is 1250. The SMILES string of the molecule is CC1(C)OCc2cc([C@H](O)CNCCCCCCOCCCCC#Cc3cccc(N4C(=O)CNC4=O)c3)ccc2O1. The summed E-state index contributed by atoms with van der Waals surface area (Å²) in [5, 5.41) is 16.4. The molecule has 42 heavy (non-hydrogen) atoms. The van der Waals surface area contributed by atoms with Gasteiger partial charge in [0.15, 0.2) is 0 Å². The van der Waals surface area contributed by atoms with Crippen molar-refractivity contribution >= 4 is 17.6 Å². The summed E-state index contributed by atoms with van der Waals surface area (Å²) in [4.78, 5) is 24.9. The summed E-state index contributed by atoms with van der Waals surface area (Å²) in [5.74, 6) is 6.23. The van der Waals surface area contributed by atoms with E-state index in [1.54, 1.807) is 18.2 Å². The Balaban J connectivity index is 0.973. The van der Waals surface area contributed by atoms with Crippen LogP contribution in [0.1, 0.15) is 81.6 Å². The average molecular weight is 578 g/mol. The molecule has 226 valence electrons. The van der Waals surface area contributed by atoms with Crippen molar-refractivity contribution in [1.82, 2.24) is 10.6 Å². The molecule has 0 saturated carbocycles. The number of aliphatic hydroxyl groups is 1. The first-order chi connectivity index (χ1) is 20.3. The fourth-order valence-corrected chi connectivity index (χ4v) is 4.82. The van der Waals surface area contributed by atoms with Crippen LogP contribution in [0, 0.1) is 11.8 Å². The maximum absolute atomic E-state index is 11.9. The van der Waals surface area contributed by atoms with E-state index in [1.807, 2.05) is 38.1 Å². The Morgan fingerprint density at radius 3 is 2.69 bits per heavy atom. The van der Waals surface area contributed by atoms with Crippen LogP contribution in [-0.4, -0.2) is 55.7 Å². The number of rotatable bonds is 15. The predicted octanol–water partition coefficient (Wildman–Crippen LogP) is 4.81. The van der Waals surface area contributed by atoms with E-state index in [2.05, 4.69) is 22.5 Å². The molecule has 1 fully saturated rings. The molecule has 1 saturated heterocycles. The quantitative estimate of drug-likeness (QED) is 0.158. The van der Waals surface area contributed by atoms with Gasteiger partial charge in [0.2, 0.25) is 5.79 Å². The van der Waals surface area contributed by atoms with Gasteiger partial charge in [0.05, 0.1) is 24.9 Å². The van der Waals surface area contributed by atoms with Crippen molar-refractivity contribution in [3.05, 3.63) is 59.2 Å². The number of anilines is 1. The third-order valence-electron chi connectivity index (χ3n) is 7.15. The molecule has 3 amide bonds. The first-order valence-corrected chi connectivity index (χ1v) is 14.9. The lowest BCUT2D eigenvalue weighted by molar-refractivity contribution is -0.180. The van der Waals surface area contributed by atoms with Gasteiger partial charge in [-0.1, -0.05) is 36.8 Å². The molecule has 2 aromatic rings. The molecule has 0 aliphatic carbocycles. The topological polar surface area (TPSA) is 109 Å². The number of benzene rings is 2. The third-order valence-corrected chi connectivity index (χ3v) is 7.15. The molecular weight excluding hydrogens is 534 g/mol. The zero-order valence-electron chi connectivity index (χ0n) is 24.7. The number of urea groups is 1. The first-order valence-electron chi connectivity index (χ1n) is 14.9. The van der Waals surface area contributed by atoms with Gasteiger partial charge in [0.25, 0.3) is 5.91 Å². The zero-order chi connectivity index (χ0) is 29.8. The standard InChI is InChI=1S/C33H43N3O6/c1-33(2)41-24-27-21-26(15-16-30(27)42-33)29(37)22-34-17-8-4-6-10-19-40-18-9-5-3-7-12-25-13-11-14-28(20-25)36-31(38)23-35-32(36)39/h11,13-16,20-21,29,34,37H,3-6,8-10,17-19,22-24H2,1-2H3,(H,35,39)/t29-/m1/s1. The number of nitrogens with one attached hydrogen (secondary N) is 2. The van der Waals surface area contributed by atoms with Crippen LogP contribution in [0.3, 0.4) is 0 Å². The number of imide groups is 1. The van der Waals surface area contributed by atoms with Crippen molar-refractivity contribution in [3.63, 3.8) is 0 Å². The number of unbranched alkanes of at least 4 members (excludes halogenated alkanes) is 5. The zero-order valence-corrected chi connectivity index (χ0v) is 24.7. The van der Waals surface area contributed by atoms with E-state index in [1.165, 1.54) is 0 Å². The fraction of sp³-hybridized carbons (Fsp3) is 0.515. The molecule has 2 aromatic carbocycles. The smallest absolute Gasteiger partial charge is 0.329 e. The van der Waals surface area contributed by atoms with E-state index in [-0.39, 0.29) is 12.5 Å². The van der Waals surface area contributed by atoms with E-state index in [9.17, 15) is 14.7 Å². The van der Waals surface area contributed by atoms with Crippen molar-refractivity contribution in [3.8, 4) is 17.6 Å². The van der Waals surface area contributed by atoms with Gasteiger partial charge in [-0.2, -0.15) is 0 Å². The summed E-state index contributed by atoms with van der Waals surface area (Å²) < 4.78 is 17.3. The molecule has 4 rings (SSSR count). The lowest BCUT2D eigenvalue weighted by Crippen LogP contribution is -2.35. The lowest BCUT2D eigenvalue weighted by Gasteiger charge is -2.33. The Hall–Kier alpha value is -3.42. The van der Waals surface area contributed by atoms with Crippen LogP contribution >= 0.6 is 0 Å². The van der Waals surface area contributed by atoms with E-state index >= 15 is 0 Å². The highest BCUT2D eigenvalue weighted by Gasteiger charge is 2.30. The summed E-state index contributed by atoms with van der Waals surface area (Å²) >= 11 is 0. The van der Waals surface area contributed by atoms with Crippen molar-refractivity contribution in [2.75, 3.05) is 37.7 Å². The van der Waals surface area contributed by atoms with Crippen LogP contribution in [-0.2, 0) is 20.9 Å². The van der Waals surface area contributed by atoms with Crippen LogP contribution in [0.15, 0.2) is 42.5 Å². The second-order valence-corrected chi connectivity index (χ2v) is 11.1. The number of hydrogen-bond donors (Lipinski definition) is 3. The minimum atomic E-state index is -0.616. The van der Waals surface area contributed by atoms with Crippen LogP contribution in [0.25, 0.3) is 0 Å². The average Bonchev–Trinajstić information content (AvgIpc) is 3.31. The number of carbonyl (C=O) groups excluding carboxylic acids is 2. The minimum Gasteiger partial charge on any atom is -0.463 e. The summed E-state index contributed by atoms with van der Waals surface area (Å²) in [6.07, 6.45) is 6.50. The molecule has 2 heterocycles. The van der Waals surface area contributed by atoms with Gasteiger partial charge < -0.3 is 30.0 Å². The van der Waals surface area contributed by atoms with Crippen molar-refractivity contribution in [2.24, 2.45) is 0 Å². The molecule has 0 aromatic heterocycles. The molecule has 0 radical (unpaired) electrons. The van der Waals surface area contributed by atoms with Crippen molar-refractivity contribution in [2.45, 2.75) is 77.3 Å². The molecule has 2 aliphatic heterocycles. The predicted molar refractivity (Wildman–Crippen MR) is 161 cm³/mol. The second-order valence-electron chi connectivity index (χ2n) is 11.1. The highest BCUT2D eigenvalue weighted by Crippen LogP contribution is 2.32. The second kappa shape index (κ2) is 15.7. The summed E-state index contributed by atoms with van der Waals surface area (Å²) in [6.45, 7) is 7.21. The maximum Gasteiger partial charge on any atom is 0.329 e. The minimum absolute atomic E-state index is 0.0320. The number of ether oxygens (including phenoxy) is 3. The highest BCUT2D eigenvalue weighted by molar-refractivity contribution is 6.19. The monoisotopic (exact) mass is 577 g/mol. The number of carbonyl (C=O) groups is 2. The molecule has 9 nitrogen and oxygen atoms in total. The molecular formula is C33H43N3O6. The Labute approximate surface area is 248 Å². The summed E-state index contributed by atoms with van der Waals surface area (Å²) in [7, 11) is 0. The number of hydrogen-bond acceptors (Lipinski definition) is 7. The Morgan fingerprint density at radius 1 is 1.07 bits per heavy atom. The number of nitrogens with zero attached hydrogens (tertiary/aromatic N) is 1. The van der Waals surface area contributed by atoms with Crippen LogP contribution in [0.5, 0.6) is 5.75 Å². The van der Waals surface area contributed by atoms with Gasteiger partial charge in [0, 0.05) is 51.2 Å². The molecule has 0 spiro atoms. The van der Waals surface area contributed by atoms with Gasteiger partial charge in [0.1, 0.15) is 5.75 Å². The normalized spacial score (nSPS) is 16.3. The Morgan fingerprint density at radius 2 is 1.88 bits per heavy atom. The summed E-state index contributed by atoms with van der Waals surface area (Å²) in [6, 6.07) is 12.6. The van der Waals surface area contributed by atoms with Crippen molar-refractivity contribution < 1.29 is 28.9 Å². The Kier molecular flexibility index (Phi) is 11.8. The third kappa shape index (κ3) is 9.57. The largest absolute Gasteiger partial charge is 0.463 e. The summed E-state index contributed by atoms with van der Waals surface area (Å²) in [5.41, 5.74) is 3.17. The lowest BCUT2D eigenvalue weighted by atomic mass is 10.0. The van der Waals surface area contributed by atoms with Crippen LogP contribution in [0.4, 0.5) is 10.5 Å². The van der Waals surface area contributed by atoms with Crippen LogP contribution < -0.4 is 20.3 Å². The van der Waals surface area contributed by atoms with E-state index in [0.717, 1.165) is 92.0 Å². The van der Waals surface area contributed by atoms with Crippen molar-refractivity contribution in [1.29, 1.82) is 0 Å². The van der Waals surface area contributed by atoms with Gasteiger partial charge in [-0.05, 0) is 68.1 Å². The molecule has 2 aliphatic rings. The van der Waals surface area contributed by atoms with E-state index < -0.39 is 17.9 Å². The molecule has 1 atom stereocenters. The number of aliphatic hydroxyl groups excluding tert-OH is 1. The van der Waals surface area contributed by atoms with Gasteiger partial charge in [-0.25, -0.2) is 9.69 Å². The maximum atomic E-state index is 11.9. The van der Waals surface area contributed by atoms with Gasteiger partial charge >= 0.3 is 6.03 Å². The van der Waals surface area contributed by atoms with Gasteiger partial charge in [-0.3, -0.25) is 4.79 Å². The molecule has 3 N–H and O–H groups in total. The molecule has 9 heteroatoms. The van der Waals surface area contributed by atoms with E-state index in [0.29, 0.717) is 18.8 Å². The fourth-order valence-electron chi connectivity index (χ4n) is 4.82. The number of amides is 3. The highest BCUT2D eigenvalue weighted by atomic mass is 16.7. The van der Waals surface area contributed by atoms with Gasteiger partial charge in [-0.15, -0.1) is 0 Å². The molecule has 0 bridgehead atoms. The first kappa shape index (κ1) is 31.5.